The number of amides is 1. The van der Waals surface area contributed by atoms with Crippen molar-refractivity contribution in [1.82, 2.24) is 0 Å². The second-order valence-corrected chi connectivity index (χ2v) is 5.14. The molecule has 0 radical (unpaired) electrons. The van der Waals surface area contributed by atoms with Crippen molar-refractivity contribution in [3.8, 4) is 0 Å². The summed E-state index contributed by atoms with van der Waals surface area (Å²) < 4.78 is 13.7. The monoisotopic (exact) mass is 250 g/mol. The molecule has 2 N–H and O–H groups in total. The standard InChI is InChI=1S/C14H19FN2O/c1-9-3-4-11(7-9)17-14-8-12(16-10(2)18)5-6-13(14)15/h5-6,8-9,11,17H,3-4,7H2,1-2H3,(H,16,18). The number of benzene rings is 1. The predicted molar refractivity (Wildman–Crippen MR) is 71.1 cm³/mol. The van der Waals surface area contributed by atoms with Crippen LogP contribution in [-0.4, -0.2) is 11.9 Å². The lowest BCUT2D eigenvalue weighted by Gasteiger charge is -2.15. The molecule has 1 fully saturated rings. The smallest absolute Gasteiger partial charge is 0.221 e. The van der Waals surface area contributed by atoms with Crippen molar-refractivity contribution in [2.45, 2.75) is 39.2 Å². The maximum Gasteiger partial charge on any atom is 0.221 e. The molecular weight excluding hydrogens is 231 g/mol. The van der Waals surface area contributed by atoms with Crippen molar-refractivity contribution in [1.29, 1.82) is 0 Å². The van der Waals surface area contributed by atoms with Gasteiger partial charge in [-0.3, -0.25) is 4.79 Å². The Kier molecular flexibility index (Phi) is 3.84. The van der Waals surface area contributed by atoms with Gasteiger partial charge < -0.3 is 10.6 Å². The number of carbonyl (C=O) groups excluding carboxylic acids is 1. The van der Waals surface area contributed by atoms with Gasteiger partial charge in [0.2, 0.25) is 5.91 Å². The number of rotatable bonds is 3. The SMILES string of the molecule is CC(=O)Nc1ccc(F)c(NC2CCC(C)C2)c1. The molecule has 1 aliphatic carbocycles. The lowest BCUT2D eigenvalue weighted by molar-refractivity contribution is -0.114. The van der Waals surface area contributed by atoms with Gasteiger partial charge in [-0.05, 0) is 43.4 Å². The normalized spacial score (nSPS) is 22.8. The van der Waals surface area contributed by atoms with E-state index in [9.17, 15) is 9.18 Å². The van der Waals surface area contributed by atoms with Crippen LogP contribution in [0.1, 0.15) is 33.1 Å². The largest absolute Gasteiger partial charge is 0.380 e. The van der Waals surface area contributed by atoms with Crippen LogP contribution in [0, 0.1) is 11.7 Å². The van der Waals surface area contributed by atoms with Gasteiger partial charge in [-0.25, -0.2) is 4.39 Å². The van der Waals surface area contributed by atoms with Gasteiger partial charge in [0.1, 0.15) is 5.82 Å². The number of hydrogen-bond acceptors (Lipinski definition) is 2. The first-order valence-electron chi connectivity index (χ1n) is 6.38. The maximum absolute atomic E-state index is 13.7. The molecule has 0 aromatic heterocycles. The summed E-state index contributed by atoms with van der Waals surface area (Å²) in [5.74, 6) is 0.273. The Labute approximate surface area is 107 Å². The summed E-state index contributed by atoms with van der Waals surface area (Å²) in [6.45, 7) is 3.65. The van der Waals surface area contributed by atoms with Crippen LogP contribution in [0.2, 0.25) is 0 Å². The zero-order valence-electron chi connectivity index (χ0n) is 10.8. The number of anilines is 2. The van der Waals surface area contributed by atoms with Gasteiger partial charge in [0.15, 0.2) is 0 Å². The fraction of sp³-hybridized carbons (Fsp3) is 0.500. The third kappa shape index (κ3) is 3.22. The quantitative estimate of drug-likeness (QED) is 0.863. The van der Waals surface area contributed by atoms with E-state index in [1.807, 2.05) is 0 Å². The van der Waals surface area contributed by atoms with Gasteiger partial charge in [-0.15, -0.1) is 0 Å². The summed E-state index contributed by atoms with van der Waals surface area (Å²) in [7, 11) is 0. The third-order valence-corrected chi connectivity index (χ3v) is 3.34. The highest BCUT2D eigenvalue weighted by molar-refractivity contribution is 5.89. The number of hydrogen-bond donors (Lipinski definition) is 2. The lowest BCUT2D eigenvalue weighted by Crippen LogP contribution is -2.16. The van der Waals surface area contributed by atoms with E-state index in [2.05, 4.69) is 17.6 Å². The average Bonchev–Trinajstić information content (AvgIpc) is 2.68. The van der Waals surface area contributed by atoms with Crippen molar-refractivity contribution in [2.75, 3.05) is 10.6 Å². The molecule has 98 valence electrons. The molecule has 1 aromatic carbocycles. The predicted octanol–water partition coefficient (Wildman–Crippen LogP) is 3.38. The molecule has 1 aromatic rings. The van der Waals surface area contributed by atoms with Crippen LogP contribution < -0.4 is 10.6 Å². The van der Waals surface area contributed by atoms with E-state index in [-0.39, 0.29) is 11.7 Å². The first kappa shape index (κ1) is 12.9. The van der Waals surface area contributed by atoms with E-state index in [4.69, 9.17) is 0 Å². The molecule has 0 spiro atoms. The van der Waals surface area contributed by atoms with E-state index < -0.39 is 0 Å². The number of nitrogens with one attached hydrogen (secondary N) is 2. The highest BCUT2D eigenvalue weighted by Crippen LogP contribution is 2.29. The second kappa shape index (κ2) is 5.38. The van der Waals surface area contributed by atoms with Crippen LogP contribution in [0.4, 0.5) is 15.8 Å². The minimum Gasteiger partial charge on any atom is -0.380 e. The van der Waals surface area contributed by atoms with Gasteiger partial charge in [-0.1, -0.05) is 6.92 Å². The van der Waals surface area contributed by atoms with Gasteiger partial charge >= 0.3 is 0 Å². The molecule has 2 atom stereocenters. The Morgan fingerprint density at radius 3 is 2.78 bits per heavy atom. The Hall–Kier alpha value is -1.58. The first-order chi connectivity index (χ1) is 8.54. The molecule has 1 amide bonds. The van der Waals surface area contributed by atoms with Crippen LogP contribution in [0.5, 0.6) is 0 Å². The van der Waals surface area contributed by atoms with Crippen molar-refractivity contribution >= 4 is 17.3 Å². The molecule has 0 saturated heterocycles. The Balaban J connectivity index is 2.08. The molecule has 4 heteroatoms. The van der Waals surface area contributed by atoms with Crippen molar-refractivity contribution in [3.63, 3.8) is 0 Å². The zero-order valence-corrected chi connectivity index (χ0v) is 10.8. The molecule has 0 heterocycles. The van der Waals surface area contributed by atoms with Gasteiger partial charge in [0, 0.05) is 18.7 Å². The molecule has 1 aliphatic rings. The zero-order chi connectivity index (χ0) is 13.1. The number of halogens is 1. The van der Waals surface area contributed by atoms with Gasteiger partial charge in [-0.2, -0.15) is 0 Å². The highest BCUT2D eigenvalue weighted by atomic mass is 19.1. The molecular formula is C14H19FN2O. The van der Waals surface area contributed by atoms with Crippen LogP contribution in [-0.2, 0) is 4.79 Å². The summed E-state index contributed by atoms with van der Waals surface area (Å²) in [6, 6.07) is 4.94. The fourth-order valence-electron chi connectivity index (χ4n) is 2.48. The van der Waals surface area contributed by atoms with E-state index >= 15 is 0 Å². The molecule has 0 aliphatic heterocycles. The summed E-state index contributed by atoms with van der Waals surface area (Å²) in [5.41, 5.74) is 1.10. The maximum atomic E-state index is 13.7. The number of carbonyl (C=O) groups is 1. The van der Waals surface area contributed by atoms with Crippen LogP contribution >= 0.6 is 0 Å². The Bertz CT molecular complexity index is 447. The molecule has 0 bridgehead atoms. The summed E-state index contributed by atoms with van der Waals surface area (Å²) >= 11 is 0. The molecule has 1 saturated carbocycles. The van der Waals surface area contributed by atoms with Crippen molar-refractivity contribution in [3.05, 3.63) is 24.0 Å². The van der Waals surface area contributed by atoms with Crippen molar-refractivity contribution in [2.24, 2.45) is 5.92 Å². The van der Waals surface area contributed by atoms with Crippen LogP contribution in [0.15, 0.2) is 18.2 Å². The highest BCUT2D eigenvalue weighted by Gasteiger charge is 2.21. The van der Waals surface area contributed by atoms with Crippen LogP contribution in [0.3, 0.4) is 0 Å². The Morgan fingerprint density at radius 1 is 1.39 bits per heavy atom. The summed E-state index contributed by atoms with van der Waals surface area (Å²) in [6.07, 6.45) is 3.33. The molecule has 2 unspecified atom stereocenters. The summed E-state index contributed by atoms with van der Waals surface area (Å²) in [5, 5.41) is 5.89. The Morgan fingerprint density at radius 2 is 2.17 bits per heavy atom. The molecule has 18 heavy (non-hydrogen) atoms. The fourth-order valence-corrected chi connectivity index (χ4v) is 2.48. The minimum absolute atomic E-state index is 0.151. The third-order valence-electron chi connectivity index (χ3n) is 3.34. The summed E-state index contributed by atoms with van der Waals surface area (Å²) in [4.78, 5) is 11.0. The van der Waals surface area contributed by atoms with Gasteiger partial charge in [0.25, 0.3) is 0 Å². The van der Waals surface area contributed by atoms with Crippen LogP contribution in [0.25, 0.3) is 0 Å². The minimum atomic E-state index is -0.274. The molecule has 2 rings (SSSR count). The average molecular weight is 250 g/mol. The van der Waals surface area contributed by atoms with Crippen molar-refractivity contribution < 1.29 is 9.18 Å². The van der Waals surface area contributed by atoms with E-state index in [1.54, 1.807) is 12.1 Å². The molecule has 3 nitrogen and oxygen atoms in total. The topological polar surface area (TPSA) is 41.1 Å². The first-order valence-corrected chi connectivity index (χ1v) is 6.38. The van der Waals surface area contributed by atoms with E-state index in [0.29, 0.717) is 23.3 Å². The lowest BCUT2D eigenvalue weighted by atomic mass is 10.1. The van der Waals surface area contributed by atoms with E-state index in [0.717, 1.165) is 12.8 Å². The van der Waals surface area contributed by atoms with E-state index in [1.165, 1.54) is 19.4 Å². The van der Waals surface area contributed by atoms with Gasteiger partial charge in [0.05, 0.1) is 5.69 Å². The second-order valence-electron chi connectivity index (χ2n) is 5.14.